The molecule has 1 heterocycles. The van der Waals surface area contributed by atoms with Crippen molar-refractivity contribution in [1.82, 2.24) is 15.5 Å². The van der Waals surface area contributed by atoms with Crippen molar-refractivity contribution >= 4 is 17.9 Å². The Morgan fingerprint density at radius 2 is 1.85 bits per heavy atom. The summed E-state index contributed by atoms with van der Waals surface area (Å²) in [5.74, 6) is -1.13. The van der Waals surface area contributed by atoms with E-state index in [4.69, 9.17) is 5.11 Å². The lowest BCUT2D eigenvalue weighted by Gasteiger charge is -2.32. The van der Waals surface area contributed by atoms with Gasteiger partial charge >= 0.3 is 12.0 Å². The molecular formula is C13H23N3O4. The van der Waals surface area contributed by atoms with E-state index in [2.05, 4.69) is 10.6 Å². The van der Waals surface area contributed by atoms with E-state index in [-0.39, 0.29) is 18.5 Å². The predicted molar refractivity (Wildman–Crippen MR) is 73.2 cm³/mol. The maximum atomic E-state index is 11.9. The third kappa shape index (κ3) is 5.46. The summed E-state index contributed by atoms with van der Waals surface area (Å²) in [7, 11) is 0. The summed E-state index contributed by atoms with van der Waals surface area (Å²) in [5, 5.41) is 14.2. The van der Waals surface area contributed by atoms with Crippen molar-refractivity contribution in [3.8, 4) is 0 Å². The Morgan fingerprint density at radius 3 is 2.35 bits per heavy atom. The Hall–Kier alpha value is -1.79. The van der Waals surface area contributed by atoms with Crippen LogP contribution >= 0.6 is 0 Å². The van der Waals surface area contributed by atoms with E-state index in [0.717, 1.165) is 12.8 Å². The SMILES string of the molecule is CC(=O)NCC1CCN(C(=O)NCC(C)C(=O)O)CC1. The molecule has 0 aromatic heterocycles. The van der Waals surface area contributed by atoms with E-state index in [9.17, 15) is 14.4 Å². The first kappa shape index (κ1) is 16.3. The van der Waals surface area contributed by atoms with Gasteiger partial charge in [0, 0.05) is 33.1 Å². The smallest absolute Gasteiger partial charge is 0.317 e. The fraction of sp³-hybridized carbons (Fsp3) is 0.769. The molecule has 0 aliphatic carbocycles. The third-order valence-electron chi connectivity index (χ3n) is 3.52. The molecule has 0 aromatic rings. The second kappa shape index (κ2) is 7.72. The summed E-state index contributed by atoms with van der Waals surface area (Å²) in [6.07, 6.45) is 1.70. The summed E-state index contributed by atoms with van der Waals surface area (Å²) in [6.45, 7) is 5.12. The van der Waals surface area contributed by atoms with Crippen LogP contribution in [-0.4, -0.2) is 54.1 Å². The van der Waals surface area contributed by atoms with E-state index >= 15 is 0 Å². The Labute approximate surface area is 118 Å². The molecule has 20 heavy (non-hydrogen) atoms. The average Bonchev–Trinajstić information content (AvgIpc) is 2.42. The predicted octanol–water partition coefficient (Wildman–Crippen LogP) is 0.265. The number of hydrogen-bond donors (Lipinski definition) is 3. The number of carbonyl (C=O) groups excluding carboxylic acids is 2. The van der Waals surface area contributed by atoms with Gasteiger partial charge in [-0.2, -0.15) is 0 Å². The maximum absolute atomic E-state index is 11.9. The fourth-order valence-electron chi connectivity index (χ4n) is 2.07. The van der Waals surface area contributed by atoms with Crippen LogP contribution in [0.1, 0.15) is 26.7 Å². The highest BCUT2D eigenvalue weighted by Crippen LogP contribution is 2.16. The van der Waals surface area contributed by atoms with Crippen molar-refractivity contribution in [2.45, 2.75) is 26.7 Å². The molecule has 7 heteroatoms. The molecule has 1 unspecified atom stereocenters. The zero-order valence-corrected chi connectivity index (χ0v) is 12.0. The van der Waals surface area contributed by atoms with Crippen molar-refractivity contribution < 1.29 is 19.5 Å². The van der Waals surface area contributed by atoms with E-state index in [1.54, 1.807) is 11.8 Å². The van der Waals surface area contributed by atoms with Crippen molar-refractivity contribution in [3.63, 3.8) is 0 Å². The molecule has 114 valence electrons. The van der Waals surface area contributed by atoms with Gasteiger partial charge in [-0.1, -0.05) is 6.92 Å². The molecule has 0 saturated carbocycles. The molecule has 0 aromatic carbocycles. The van der Waals surface area contributed by atoms with Crippen molar-refractivity contribution in [2.75, 3.05) is 26.2 Å². The molecule has 3 N–H and O–H groups in total. The molecule has 1 rings (SSSR count). The highest BCUT2D eigenvalue weighted by atomic mass is 16.4. The lowest BCUT2D eigenvalue weighted by atomic mass is 9.97. The summed E-state index contributed by atoms with van der Waals surface area (Å²) in [5.41, 5.74) is 0. The van der Waals surface area contributed by atoms with Gasteiger partial charge in [0.05, 0.1) is 5.92 Å². The zero-order chi connectivity index (χ0) is 15.1. The number of carboxylic acid groups (broad SMARTS) is 1. The van der Waals surface area contributed by atoms with Crippen molar-refractivity contribution in [2.24, 2.45) is 11.8 Å². The number of amides is 3. The van der Waals surface area contributed by atoms with Crippen LogP contribution in [0.5, 0.6) is 0 Å². The third-order valence-corrected chi connectivity index (χ3v) is 3.52. The van der Waals surface area contributed by atoms with Crippen LogP contribution in [0.25, 0.3) is 0 Å². The minimum atomic E-state index is -0.917. The number of carboxylic acids is 1. The summed E-state index contributed by atoms with van der Waals surface area (Å²) in [4.78, 5) is 35.0. The second-order valence-electron chi connectivity index (χ2n) is 5.29. The number of nitrogens with one attached hydrogen (secondary N) is 2. The first-order valence-corrected chi connectivity index (χ1v) is 6.90. The average molecular weight is 285 g/mol. The Kier molecular flexibility index (Phi) is 6.27. The van der Waals surface area contributed by atoms with Gasteiger partial charge in [0.25, 0.3) is 0 Å². The lowest BCUT2D eigenvalue weighted by Crippen LogP contribution is -2.47. The van der Waals surface area contributed by atoms with Crippen LogP contribution in [0.4, 0.5) is 4.79 Å². The van der Waals surface area contributed by atoms with Crippen LogP contribution < -0.4 is 10.6 Å². The van der Waals surface area contributed by atoms with Crippen LogP contribution in [0.15, 0.2) is 0 Å². The molecule has 0 spiro atoms. The normalized spacial score (nSPS) is 17.4. The van der Waals surface area contributed by atoms with Gasteiger partial charge in [-0.15, -0.1) is 0 Å². The van der Waals surface area contributed by atoms with Gasteiger partial charge < -0.3 is 20.6 Å². The largest absolute Gasteiger partial charge is 0.481 e. The first-order valence-electron chi connectivity index (χ1n) is 6.90. The van der Waals surface area contributed by atoms with Gasteiger partial charge in [-0.3, -0.25) is 9.59 Å². The molecule has 3 amide bonds. The van der Waals surface area contributed by atoms with Crippen LogP contribution in [-0.2, 0) is 9.59 Å². The Bertz CT molecular complexity index is 365. The number of piperidine rings is 1. The Morgan fingerprint density at radius 1 is 1.25 bits per heavy atom. The molecule has 1 fully saturated rings. The second-order valence-corrected chi connectivity index (χ2v) is 5.29. The first-order chi connectivity index (χ1) is 9.40. The number of rotatable bonds is 5. The number of likely N-dealkylation sites (tertiary alicyclic amines) is 1. The van der Waals surface area contributed by atoms with E-state index in [1.807, 2.05) is 0 Å². The maximum Gasteiger partial charge on any atom is 0.317 e. The molecule has 0 bridgehead atoms. The molecular weight excluding hydrogens is 262 g/mol. The number of nitrogens with zero attached hydrogens (tertiary/aromatic N) is 1. The van der Waals surface area contributed by atoms with E-state index < -0.39 is 11.9 Å². The molecule has 0 radical (unpaired) electrons. The fourth-order valence-corrected chi connectivity index (χ4v) is 2.07. The summed E-state index contributed by atoms with van der Waals surface area (Å²) >= 11 is 0. The Balaban J connectivity index is 2.25. The topological polar surface area (TPSA) is 98.7 Å². The van der Waals surface area contributed by atoms with Crippen LogP contribution in [0, 0.1) is 11.8 Å². The number of aliphatic carboxylic acids is 1. The molecule has 7 nitrogen and oxygen atoms in total. The minimum Gasteiger partial charge on any atom is -0.481 e. The minimum absolute atomic E-state index is 0.0344. The summed E-state index contributed by atoms with van der Waals surface area (Å²) in [6, 6.07) is -0.212. The molecule has 1 atom stereocenters. The van der Waals surface area contributed by atoms with Crippen molar-refractivity contribution in [3.05, 3.63) is 0 Å². The standard InChI is InChI=1S/C13H23N3O4/c1-9(12(18)19)7-15-13(20)16-5-3-11(4-6-16)8-14-10(2)17/h9,11H,3-8H2,1-2H3,(H,14,17)(H,15,20)(H,18,19). The zero-order valence-electron chi connectivity index (χ0n) is 12.0. The number of carbonyl (C=O) groups is 3. The molecule has 1 aliphatic rings. The van der Waals surface area contributed by atoms with Gasteiger partial charge in [-0.25, -0.2) is 4.79 Å². The quantitative estimate of drug-likeness (QED) is 0.675. The number of hydrogen-bond acceptors (Lipinski definition) is 3. The van der Waals surface area contributed by atoms with Gasteiger partial charge in [0.2, 0.25) is 5.91 Å². The van der Waals surface area contributed by atoms with Crippen LogP contribution in [0.2, 0.25) is 0 Å². The van der Waals surface area contributed by atoms with E-state index in [0.29, 0.717) is 25.6 Å². The van der Waals surface area contributed by atoms with Gasteiger partial charge in [0.15, 0.2) is 0 Å². The lowest BCUT2D eigenvalue weighted by molar-refractivity contribution is -0.140. The highest BCUT2D eigenvalue weighted by Gasteiger charge is 2.23. The molecule has 1 saturated heterocycles. The molecule has 1 aliphatic heterocycles. The van der Waals surface area contributed by atoms with E-state index in [1.165, 1.54) is 6.92 Å². The monoisotopic (exact) mass is 285 g/mol. The highest BCUT2D eigenvalue weighted by molar-refractivity contribution is 5.76. The van der Waals surface area contributed by atoms with Gasteiger partial charge in [-0.05, 0) is 18.8 Å². The van der Waals surface area contributed by atoms with Crippen LogP contribution in [0.3, 0.4) is 0 Å². The van der Waals surface area contributed by atoms with Gasteiger partial charge in [0.1, 0.15) is 0 Å². The van der Waals surface area contributed by atoms with Crippen molar-refractivity contribution in [1.29, 1.82) is 0 Å². The number of urea groups is 1. The summed E-state index contributed by atoms with van der Waals surface area (Å²) < 4.78 is 0.